The summed E-state index contributed by atoms with van der Waals surface area (Å²) in [7, 11) is 0. The van der Waals surface area contributed by atoms with Gasteiger partial charge < -0.3 is 10.5 Å². The van der Waals surface area contributed by atoms with Crippen molar-refractivity contribution in [1.82, 2.24) is 14.8 Å². The maximum Gasteiger partial charge on any atom is 0.332 e. The Balaban J connectivity index is 2.16. The molecule has 0 bridgehead atoms. The Morgan fingerprint density at radius 3 is 2.95 bits per heavy atom. The minimum Gasteiger partial charge on any atom is -0.460 e. The van der Waals surface area contributed by atoms with Gasteiger partial charge in [0.2, 0.25) is 0 Å². The van der Waals surface area contributed by atoms with Crippen LogP contribution in [0.3, 0.4) is 0 Å². The third-order valence-corrected chi connectivity index (χ3v) is 2.72. The predicted molar refractivity (Wildman–Crippen MR) is 81.4 cm³/mol. The molecule has 2 N–H and O–H groups in total. The van der Waals surface area contributed by atoms with Crippen molar-refractivity contribution in [2.75, 3.05) is 5.73 Å². The number of hydrogen-bond acceptors (Lipinski definition) is 5. The second kappa shape index (κ2) is 6.41. The molecule has 0 unspecified atom stereocenters. The molecule has 7 heteroatoms. The predicted octanol–water partition coefficient (Wildman–Crippen LogP) is 2.60. The topological polar surface area (TPSA) is 83.0 Å². The Bertz CT molecular complexity index is 679. The van der Waals surface area contributed by atoms with Gasteiger partial charge in [-0.3, -0.25) is 0 Å². The number of esters is 1. The first-order chi connectivity index (χ1) is 9.95. The first-order valence-electron chi connectivity index (χ1n) is 6.31. The largest absolute Gasteiger partial charge is 0.460 e. The molecule has 0 saturated heterocycles. The highest BCUT2D eigenvalue weighted by atomic mass is 35.5. The first kappa shape index (κ1) is 15.1. The van der Waals surface area contributed by atoms with E-state index in [2.05, 4.69) is 10.1 Å². The zero-order chi connectivity index (χ0) is 15.4. The van der Waals surface area contributed by atoms with Crippen LogP contribution in [0, 0.1) is 0 Å². The number of nitrogen functional groups attached to an aromatic ring is 1. The van der Waals surface area contributed by atoms with Crippen molar-refractivity contribution in [3.63, 3.8) is 0 Å². The molecule has 2 aromatic rings. The van der Waals surface area contributed by atoms with Crippen molar-refractivity contribution in [2.45, 2.75) is 20.0 Å². The smallest absolute Gasteiger partial charge is 0.332 e. The molecule has 0 fully saturated rings. The Morgan fingerprint density at radius 1 is 1.48 bits per heavy atom. The standard InChI is InChI=1S/C14H15ClN4O2/c1-9(2)21-13(20)5-6-19-8-17-14(18-19)11-7-10(15)3-4-12(11)16/h3-9H,16H2,1-2H3/b6-5-. The lowest BCUT2D eigenvalue weighted by Crippen LogP contribution is -2.08. The molecule has 110 valence electrons. The number of carbonyl (C=O) groups excluding carboxylic acids is 1. The minimum atomic E-state index is -0.440. The van der Waals surface area contributed by atoms with E-state index in [1.165, 1.54) is 23.3 Å². The number of benzene rings is 1. The fraction of sp³-hybridized carbons (Fsp3) is 0.214. The molecule has 1 heterocycles. The van der Waals surface area contributed by atoms with E-state index in [0.717, 1.165) is 0 Å². The number of carbonyl (C=O) groups is 1. The monoisotopic (exact) mass is 306 g/mol. The average Bonchev–Trinajstić information content (AvgIpc) is 2.87. The fourth-order valence-electron chi connectivity index (χ4n) is 1.60. The Kier molecular flexibility index (Phi) is 4.59. The highest BCUT2D eigenvalue weighted by molar-refractivity contribution is 6.31. The summed E-state index contributed by atoms with van der Waals surface area (Å²) >= 11 is 5.93. The number of hydrogen-bond donors (Lipinski definition) is 1. The summed E-state index contributed by atoms with van der Waals surface area (Å²) in [5, 5.41) is 4.75. The lowest BCUT2D eigenvalue weighted by molar-refractivity contribution is -0.141. The molecule has 1 aromatic carbocycles. The number of anilines is 1. The van der Waals surface area contributed by atoms with Gasteiger partial charge in [0, 0.05) is 28.5 Å². The van der Waals surface area contributed by atoms with Crippen LogP contribution in [0.4, 0.5) is 5.69 Å². The van der Waals surface area contributed by atoms with Gasteiger partial charge >= 0.3 is 5.97 Å². The third kappa shape index (κ3) is 4.06. The number of ether oxygens (including phenoxy) is 1. The molecule has 1 aromatic heterocycles. The van der Waals surface area contributed by atoms with E-state index in [0.29, 0.717) is 22.1 Å². The molecule has 0 amide bonds. The van der Waals surface area contributed by atoms with Gasteiger partial charge in [-0.05, 0) is 32.0 Å². The molecule has 0 saturated carbocycles. The lowest BCUT2D eigenvalue weighted by atomic mass is 10.2. The molecule has 0 aliphatic heterocycles. The van der Waals surface area contributed by atoms with Crippen LogP contribution < -0.4 is 5.73 Å². The fourth-order valence-corrected chi connectivity index (χ4v) is 1.77. The average molecular weight is 307 g/mol. The van der Waals surface area contributed by atoms with Gasteiger partial charge in [-0.15, -0.1) is 5.10 Å². The second-order valence-corrected chi connectivity index (χ2v) is 5.02. The molecule has 0 atom stereocenters. The van der Waals surface area contributed by atoms with Crippen LogP contribution in [0.5, 0.6) is 0 Å². The van der Waals surface area contributed by atoms with Crippen molar-refractivity contribution < 1.29 is 9.53 Å². The number of nitrogens with two attached hydrogens (primary N) is 1. The normalized spacial score (nSPS) is 11.2. The van der Waals surface area contributed by atoms with E-state index in [1.54, 1.807) is 32.0 Å². The SMILES string of the molecule is CC(C)OC(=O)/C=C\n1cnc(-c2cc(Cl)ccc2N)n1. The summed E-state index contributed by atoms with van der Waals surface area (Å²) in [6.07, 6.45) is 4.04. The van der Waals surface area contributed by atoms with E-state index in [-0.39, 0.29) is 6.10 Å². The molecule has 0 aliphatic rings. The van der Waals surface area contributed by atoms with E-state index < -0.39 is 5.97 Å². The Labute approximate surface area is 127 Å². The zero-order valence-electron chi connectivity index (χ0n) is 11.7. The van der Waals surface area contributed by atoms with Gasteiger partial charge in [-0.1, -0.05) is 11.6 Å². The lowest BCUT2D eigenvalue weighted by Gasteiger charge is -2.03. The number of rotatable bonds is 4. The van der Waals surface area contributed by atoms with Gasteiger partial charge in [0.1, 0.15) is 6.33 Å². The van der Waals surface area contributed by atoms with Crippen LogP contribution >= 0.6 is 11.6 Å². The third-order valence-electron chi connectivity index (χ3n) is 2.48. The van der Waals surface area contributed by atoms with Crippen LogP contribution in [0.25, 0.3) is 17.6 Å². The highest BCUT2D eigenvalue weighted by Gasteiger charge is 2.08. The summed E-state index contributed by atoms with van der Waals surface area (Å²) < 4.78 is 6.37. The van der Waals surface area contributed by atoms with Gasteiger partial charge in [0.05, 0.1) is 6.10 Å². The summed E-state index contributed by atoms with van der Waals surface area (Å²) in [6, 6.07) is 5.07. The maximum atomic E-state index is 11.4. The maximum absolute atomic E-state index is 11.4. The van der Waals surface area contributed by atoms with Crippen molar-refractivity contribution in [3.8, 4) is 11.4 Å². The quantitative estimate of drug-likeness (QED) is 0.533. The van der Waals surface area contributed by atoms with Crippen molar-refractivity contribution >= 4 is 29.5 Å². The van der Waals surface area contributed by atoms with Crippen LogP contribution in [-0.2, 0) is 9.53 Å². The first-order valence-corrected chi connectivity index (χ1v) is 6.69. The Hall–Kier alpha value is -2.34. The van der Waals surface area contributed by atoms with E-state index in [4.69, 9.17) is 22.1 Å². The molecule has 21 heavy (non-hydrogen) atoms. The molecular formula is C14H15ClN4O2. The molecule has 0 radical (unpaired) electrons. The van der Waals surface area contributed by atoms with Crippen molar-refractivity contribution in [3.05, 3.63) is 35.6 Å². The molecular weight excluding hydrogens is 292 g/mol. The zero-order valence-corrected chi connectivity index (χ0v) is 12.4. The van der Waals surface area contributed by atoms with E-state index in [9.17, 15) is 4.79 Å². The van der Waals surface area contributed by atoms with Gasteiger partial charge in [0.25, 0.3) is 0 Å². The highest BCUT2D eigenvalue weighted by Crippen LogP contribution is 2.25. The van der Waals surface area contributed by atoms with Crippen LogP contribution in [0.2, 0.25) is 5.02 Å². The van der Waals surface area contributed by atoms with E-state index >= 15 is 0 Å². The van der Waals surface area contributed by atoms with Crippen LogP contribution in [-0.4, -0.2) is 26.8 Å². The summed E-state index contributed by atoms with van der Waals surface area (Å²) in [5.41, 5.74) is 7.03. The van der Waals surface area contributed by atoms with Crippen molar-refractivity contribution in [2.24, 2.45) is 0 Å². The summed E-state index contributed by atoms with van der Waals surface area (Å²) in [5.74, 6) is -0.0128. The van der Waals surface area contributed by atoms with Gasteiger partial charge in [0.15, 0.2) is 5.82 Å². The molecule has 2 rings (SSSR count). The van der Waals surface area contributed by atoms with Crippen LogP contribution in [0.15, 0.2) is 30.6 Å². The molecule has 0 spiro atoms. The van der Waals surface area contributed by atoms with Gasteiger partial charge in [-0.2, -0.15) is 0 Å². The van der Waals surface area contributed by atoms with Crippen LogP contribution in [0.1, 0.15) is 13.8 Å². The Morgan fingerprint density at radius 2 is 2.24 bits per heavy atom. The molecule has 0 aliphatic carbocycles. The second-order valence-electron chi connectivity index (χ2n) is 4.58. The summed E-state index contributed by atoms with van der Waals surface area (Å²) in [6.45, 7) is 3.56. The van der Waals surface area contributed by atoms with E-state index in [1.807, 2.05) is 0 Å². The number of aromatic nitrogens is 3. The van der Waals surface area contributed by atoms with Gasteiger partial charge in [-0.25, -0.2) is 14.5 Å². The van der Waals surface area contributed by atoms with Crippen molar-refractivity contribution in [1.29, 1.82) is 0 Å². The minimum absolute atomic E-state index is 0.167. The number of halogens is 1. The number of nitrogens with zero attached hydrogens (tertiary/aromatic N) is 3. The summed E-state index contributed by atoms with van der Waals surface area (Å²) in [4.78, 5) is 15.5. The molecule has 6 nitrogen and oxygen atoms in total.